The van der Waals surface area contributed by atoms with Gasteiger partial charge in [-0.1, -0.05) is 43.7 Å². The van der Waals surface area contributed by atoms with Gasteiger partial charge in [0.25, 0.3) is 0 Å². The number of aliphatic hydroxyl groups excluding tert-OH is 1. The standard InChI is InChI=1S/C24H40N4O/c1-3-20-19-28(18-13-23(20)21-9-6-5-7-10-21)24(25-4-2)26-14-8-15-27-16-11-22(29)12-17-27/h5-7,9-10,20,22-23,29H,3-4,8,11-19H2,1-2H3,(H,25,26). The number of aliphatic imine (C=N–C) groups is 1. The number of aliphatic hydroxyl groups is 1. The summed E-state index contributed by atoms with van der Waals surface area (Å²) in [6, 6.07) is 11.0. The maximum atomic E-state index is 9.65. The van der Waals surface area contributed by atoms with E-state index in [4.69, 9.17) is 4.99 Å². The number of piperidine rings is 2. The van der Waals surface area contributed by atoms with Crippen LogP contribution in [0.25, 0.3) is 0 Å². The van der Waals surface area contributed by atoms with E-state index >= 15 is 0 Å². The van der Waals surface area contributed by atoms with Crippen molar-refractivity contribution in [2.45, 2.75) is 58.0 Å². The van der Waals surface area contributed by atoms with Gasteiger partial charge in [-0.25, -0.2) is 0 Å². The maximum absolute atomic E-state index is 9.65. The molecule has 0 bridgehead atoms. The molecule has 2 aliphatic heterocycles. The fraction of sp³-hybridized carbons (Fsp3) is 0.708. The number of guanidine groups is 1. The smallest absolute Gasteiger partial charge is 0.193 e. The summed E-state index contributed by atoms with van der Waals surface area (Å²) >= 11 is 0. The largest absolute Gasteiger partial charge is 0.393 e. The Balaban J connectivity index is 1.52. The Morgan fingerprint density at radius 2 is 1.86 bits per heavy atom. The second kappa shape index (κ2) is 11.6. The lowest BCUT2D eigenvalue weighted by Crippen LogP contribution is -2.48. The van der Waals surface area contributed by atoms with Gasteiger partial charge in [-0.2, -0.15) is 0 Å². The lowest BCUT2D eigenvalue weighted by atomic mass is 9.79. The van der Waals surface area contributed by atoms with Crippen LogP contribution in [0, 0.1) is 5.92 Å². The molecule has 2 atom stereocenters. The summed E-state index contributed by atoms with van der Waals surface area (Å²) in [7, 11) is 0. The molecular weight excluding hydrogens is 360 g/mol. The topological polar surface area (TPSA) is 51.1 Å². The Kier molecular flexibility index (Phi) is 8.81. The Bertz CT molecular complexity index is 613. The molecule has 0 saturated carbocycles. The minimum absolute atomic E-state index is 0.0880. The summed E-state index contributed by atoms with van der Waals surface area (Å²) in [5, 5.41) is 13.2. The molecule has 5 nitrogen and oxygen atoms in total. The first-order valence-corrected chi connectivity index (χ1v) is 11.7. The number of nitrogens with one attached hydrogen (secondary N) is 1. The van der Waals surface area contributed by atoms with Crippen LogP contribution in [0.3, 0.4) is 0 Å². The Morgan fingerprint density at radius 3 is 2.55 bits per heavy atom. The molecule has 1 aromatic carbocycles. The van der Waals surface area contributed by atoms with Gasteiger partial charge < -0.3 is 20.2 Å². The van der Waals surface area contributed by atoms with Crippen LogP contribution in [0.1, 0.15) is 57.4 Å². The fourth-order valence-corrected chi connectivity index (χ4v) is 4.83. The predicted molar refractivity (Wildman–Crippen MR) is 121 cm³/mol. The molecule has 162 valence electrons. The van der Waals surface area contributed by atoms with E-state index in [1.807, 2.05) is 0 Å². The van der Waals surface area contributed by atoms with Gasteiger partial charge in [0.2, 0.25) is 0 Å². The second-order valence-electron chi connectivity index (χ2n) is 8.58. The zero-order chi connectivity index (χ0) is 20.5. The molecule has 2 heterocycles. The van der Waals surface area contributed by atoms with Crippen LogP contribution in [0.4, 0.5) is 0 Å². The van der Waals surface area contributed by atoms with Gasteiger partial charge in [0.05, 0.1) is 6.10 Å². The van der Waals surface area contributed by atoms with E-state index in [0.29, 0.717) is 11.8 Å². The maximum Gasteiger partial charge on any atom is 0.193 e. The van der Waals surface area contributed by atoms with E-state index in [1.165, 1.54) is 18.4 Å². The van der Waals surface area contributed by atoms with Crippen LogP contribution in [0.2, 0.25) is 0 Å². The van der Waals surface area contributed by atoms with E-state index in [9.17, 15) is 5.11 Å². The van der Waals surface area contributed by atoms with E-state index in [-0.39, 0.29) is 6.10 Å². The summed E-state index contributed by atoms with van der Waals surface area (Å²) in [4.78, 5) is 9.90. The minimum Gasteiger partial charge on any atom is -0.393 e. The molecule has 3 rings (SSSR count). The summed E-state index contributed by atoms with van der Waals surface area (Å²) in [5.41, 5.74) is 1.49. The van der Waals surface area contributed by atoms with Crippen LogP contribution in [0.15, 0.2) is 35.3 Å². The van der Waals surface area contributed by atoms with Crippen molar-refractivity contribution in [1.82, 2.24) is 15.1 Å². The predicted octanol–water partition coefficient (Wildman–Crippen LogP) is 3.31. The van der Waals surface area contributed by atoms with Gasteiger partial charge in [0.1, 0.15) is 0 Å². The third kappa shape index (κ3) is 6.45. The molecule has 2 fully saturated rings. The average Bonchev–Trinajstić information content (AvgIpc) is 2.77. The van der Waals surface area contributed by atoms with Gasteiger partial charge in [0.15, 0.2) is 5.96 Å². The van der Waals surface area contributed by atoms with E-state index in [1.54, 1.807) is 0 Å². The number of hydrogen-bond acceptors (Lipinski definition) is 3. The molecule has 2 unspecified atom stereocenters. The summed E-state index contributed by atoms with van der Waals surface area (Å²) in [6.07, 6.45) is 5.23. The van der Waals surface area contributed by atoms with Crippen LogP contribution >= 0.6 is 0 Å². The molecule has 2 saturated heterocycles. The molecule has 2 N–H and O–H groups in total. The van der Waals surface area contributed by atoms with Gasteiger partial charge in [-0.15, -0.1) is 0 Å². The molecule has 0 amide bonds. The van der Waals surface area contributed by atoms with Crippen molar-refractivity contribution in [1.29, 1.82) is 0 Å². The molecule has 0 aromatic heterocycles. The molecule has 29 heavy (non-hydrogen) atoms. The second-order valence-corrected chi connectivity index (χ2v) is 8.58. The number of nitrogens with zero attached hydrogens (tertiary/aromatic N) is 3. The number of likely N-dealkylation sites (tertiary alicyclic amines) is 2. The normalized spacial score (nSPS) is 24.7. The zero-order valence-electron chi connectivity index (χ0n) is 18.4. The van der Waals surface area contributed by atoms with Crippen molar-refractivity contribution in [2.24, 2.45) is 10.9 Å². The number of rotatable bonds is 7. The van der Waals surface area contributed by atoms with Crippen LogP contribution < -0.4 is 5.32 Å². The van der Waals surface area contributed by atoms with Crippen LogP contribution in [-0.4, -0.2) is 72.8 Å². The van der Waals surface area contributed by atoms with E-state index in [0.717, 1.165) is 71.0 Å². The van der Waals surface area contributed by atoms with Gasteiger partial charge in [0, 0.05) is 39.3 Å². The average molecular weight is 401 g/mol. The highest BCUT2D eigenvalue weighted by atomic mass is 16.3. The van der Waals surface area contributed by atoms with Gasteiger partial charge in [-0.3, -0.25) is 4.99 Å². The van der Waals surface area contributed by atoms with Crippen molar-refractivity contribution < 1.29 is 5.11 Å². The van der Waals surface area contributed by atoms with Crippen LogP contribution in [0.5, 0.6) is 0 Å². The van der Waals surface area contributed by atoms with E-state index in [2.05, 4.69) is 59.3 Å². The van der Waals surface area contributed by atoms with Gasteiger partial charge in [-0.05, 0) is 56.6 Å². The van der Waals surface area contributed by atoms with Crippen molar-refractivity contribution in [3.05, 3.63) is 35.9 Å². The molecule has 5 heteroatoms. The van der Waals surface area contributed by atoms with Crippen molar-refractivity contribution >= 4 is 5.96 Å². The quantitative estimate of drug-likeness (QED) is 0.419. The Labute approximate surface area is 177 Å². The third-order valence-electron chi connectivity index (χ3n) is 6.57. The van der Waals surface area contributed by atoms with Crippen LogP contribution in [-0.2, 0) is 0 Å². The first-order chi connectivity index (χ1) is 14.2. The highest BCUT2D eigenvalue weighted by molar-refractivity contribution is 5.80. The molecule has 1 aromatic rings. The summed E-state index contributed by atoms with van der Waals surface area (Å²) in [6.45, 7) is 11.6. The van der Waals surface area contributed by atoms with Crippen molar-refractivity contribution in [3.63, 3.8) is 0 Å². The van der Waals surface area contributed by atoms with Gasteiger partial charge >= 0.3 is 0 Å². The lowest BCUT2D eigenvalue weighted by molar-refractivity contribution is 0.0824. The van der Waals surface area contributed by atoms with Crippen molar-refractivity contribution in [3.8, 4) is 0 Å². The van der Waals surface area contributed by atoms with E-state index < -0.39 is 0 Å². The highest BCUT2D eigenvalue weighted by Crippen LogP contribution is 2.34. The summed E-state index contributed by atoms with van der Waals surface area (Å²) < 4.78 is 0. The molecule has 0 spiro atoms. The minimum atomic E-state index is -0.0880. The number of benzene rings is 1. The molecular formula is C24H40N4O. The zero-order valence-corrected chi connectivity index (χ0v) is 18.4. The fourth-order valence-electron chi connectivity index (χ4n) is 4.83. The SMILES string of the molecule is CCNC(=NCCCN1CCC(O)CC1)N1CCC(c2ccccc2)C(CC)C1. The first kappa shape index (κ1) is 22.1. The third-order valence-corrected chi connectivity index (χ3v) is 6.57. The molecule has 0 radical (unpaired) electrons. The molecule has 2 aliphatic rings. The highest BCUT2D eigenvalue weighted by Gasteiger charge is 2.30. The Hall–Kier alpha value is -1.59. The first-order valence-electron chi connectivity index (χ1n) is 11.7. The molecule has 0 aliphatic carbocycles. The van der Waals surface area contributed by atoms with Crippen molar-refractivity contribution in [2.75, 3.05) is 45.8 Å². The number of hydrogen-bond donors (Lipinski definition) is 2. The lowest BCUT2D eigenvalue weighted by Gasteiger charge is -2.40. The Morgan fingerprint density at radius 1 is 1.10 bits per heavy atom. The summed E-state index contributed by atoms with van der Waals surface area (Å²) in [5.74, 6) is 2.43. The monoisotopic (exact) mass is 400 g/mol.